The van der Waals surface area contributed by atoms with Crippen LogP contribution in [-0.4, -0.2) is 89.9 Å². The van der Waals surface area contributed by atoms with Gasteiger partial charge >= 0.3 is 35.8 Å². The van der Waals surface area contributed by atoms with E-state index in [9.17, 15) is 38.4 Å². The number of carbonyl (C=O) groups excluding carboxylic acids is 5. The molecule has 0 bridgehead atoms. The van der Waals surface area contributed by atoms with E-state index in [-0.39, 0.29) is 50.5 Å². The van der Waals surface area contributed by atoms with Gasteiger partial charge in [-0.2, -0.15) is 0 Å². The Kier molecular flexibility index (Phi) is 31.2. The van der Waals surface area contributed by atoms with Crippen molar-refractivity contribution in [2.24, 2.45) is 0 Å². The van der Waals surface area contributed by atoms with Crippen molar-refractivity contribution in [3.63, 3.8) is 0 Å². The van der Waals surface area contributed by atoms with E-state index in [1.54, 1.807) is 20.8 Å². The number of esters is 2. The quantitative estimate of drug-likeness (QED) is 0.0476. The molecule has 56 heavy (non-hydrogen) atoms. The lowest BCUT2D eigenvalue weighted by molar-refractivity contribution is -0.197. The molecule has 0 aromatic heterocycles. The van der Waals surface area contributed by atoms with Crippen LogP contribution in [-0.2, 0) is 52.7 Å². The lowest BCUT2D eigenvalue weighted by Crippen LogP contribution is -2.31. The predicted octanol–water partition coefficient (Wildman–Crippen LogP) is 7.30. The third-order valence-corrected chi connectivity index (χ3v) is 6.60. The highest BCUT2D eigenvalue weighted by Crippen LogP contribution is 2.15. The van der Waals surface area contributed by atoms with Gasteiger partial charge in [-0.15, -0.1) is 5.06 Å². The standard InChI is InChI=1S/C16H25NO6.C12H22O4.C8H14O4.C4H10O/c1-16(2,3)22-14(20)8-6-4-5-7-9-15(21)23-17-12(18)10-11-13(17)19;1-12(2,3)16-11(15)9-7-5-4-6-8-10(13)14;9-7(10)5-3-1-2-4-6-8(11)12;1-4(2,3)5/h4-11H2,1-3H3;4-9H2,1-3H3,(H,13,14);1-6H2,(H,9,10)(H,11,12);5H,1-3H3. The van der Waals surface area contributed by atoms with Crippen LogP contribution >= 0.6 is 0 Å². The van der Waals surface area contributed by atoms with E-state index in [1.807, 2.05) is 41.5 Å². The second kappa shape index (κ2) is 31.1. The van der Waals surface area contributed by atoms with Gasteiger partial charge in [0.05, 0.1) is 5.60 Å². The number of hydroxylamine groups is 2. The number of rotatable bonds is 22. The Morgan fingerprint density at radius 1 is 0.464 bits per heavy atom. The molecule has 0 aromatic carbocycles. The van der Waals surface area contributed by atoms with Crippen LogP contribution in [0.25, 0.3) is 0 Å². The molecule has 0 aliphatic carbocycles. The molecule has 1 aliphatic heterocycles. The van der Waals surface area contributed by atoms with E-state index < -0.39 is 52.5 Å². The van der Waals surface area contributed by atoms with E-state index in [2.05, 4.69) is 0 Å². The third kappa shape index (κ3) is 47.9. The van der Waals surface area contributed by atoms with E-state index in [0.717, 1.165) is 44.9 Å². The second-order valence-electron chi connectivity index (χ2n) is 16.3. The van der Waals surface area contributed by atoms with Crippen LogP contribution in [0.2, 0.25) is 0 Å². The summed E-state index contributed by atoms with van der Waals surface area (Å²) in [6.45, 7) is 16.2. The average Bonchev–Trinajstić information content (AvgIpc) is 3.32. The fraction of sp³-hybridized carbons (Fsp3) is 0.800. The summed E-state index contributed by atoms with van der Waals surface area (Å²) in [7, 11) is 0. The number of carboxylic acid groups (broad SMARTS) is 3. The van der Waals surface area contributed by atoms with Crippen molar-refractivity contribution in [2.75, 3.05) is 0 Å². The Morgan fingerprint density at radius 2 is 0.696 bits per heavy atom. The van der Waals surface area contributed by atoms with Gasteiger partial charge in [-0.05, 0) is 101 Å². The Balaban J connectivity index is -0.000000742. The molecule has 16 heteroatoms. The predicted molar refractivity (Wildman–Crippen MR) is 207 cm³/mol. The molecule has 0 unspecified atom stereocenters. The highest BCUT2D eigenvalue weighted by Gasteiger charge is 2.32. The molecule has 1 aliphatic rings. The van der Waals surface area contributed by atoms with Gasteiger partial charge in [0.2, 0.25) is 0 Å². The highest BCUT2D eigenvalue weighted by atomic mass is 16.7. The smallest absolute Gasteiger partial charge is 0.333 e. The molecule has 326 valence electrons. The summed E-state index contributed by atoms with van der Waals surface area (Å²) in [6.07, 6.45) is 10.7. The normalized spacial score (nSPS) is 12.5. The second-order valence-corrected chi connectivity index (χ2v) is 16.3. The third-order valence-electron chi connectivity index (χ3n) is 6.60. The van der Waals surface area contributed by atoms with Gasteiger partial charge in [0.1, 0.15) is 11.2 Å². The molecule has 1 saturated heterocycles. The molecular weight excluding hydrogens is 734 g/mol. The van der Waals surface area contributed by atoms with Gasteiger partial charge in [-0.25, -0.2) is 4.79 Å². The van der Waals surface area contributed by atoms with Gasteiger partial charge in [-0.1, -0.05) is 38.5 Å². The first-order chi connectivity index (χ1) is 25.6. The first-order valence-electron chi connectivity index (χ1n) is 19.5. The Hall–Kier alpha value is -4.08. The van der Waals surface area contributed by atoms with Crippen LogP contribution in [0.1, 0.15) is 191 Å². The zero-order valence-electron chi connectivity index (χ0n) is 35.4. The number of hydrogen-bond donors (Lipinski definition) is 4. The van der Waals surface area contributed by atoms with Crippen molar-refractivity contribution in [1.29, 1.82) is 0 Å². The molecule has 1 rings (SSSR count). The monoisotopic (exact) mass is 805 g/mol. The fourth-order valence-electron chi connectivity index (χ4n) is 4.29. The number of carboxylic acids is 3. The summed E-state index contributed by atoms with van der Waals surface area (Å²) in [5, 5.41) is 34.0. The Morgan fingerprint density at radius 3 is 0.929 bits per heavy atom. The number of amides is 2. The number of ether oxygens (including phenoxy) is 2. The van der Waals surface area contributed by atoms with Crippen molar-refractivity contribution >= 4 is 47.6 Å². The molecule has 4 N–H and O–H groups in total. The molecule has 0 spiro atoms. The van der Waals surface area contributed by atoms with Gasteiger partial charge in [0.25, 0.3) is 11.8 Å². The number of aliphatic hydroxyl groups is 1. The Labute approximate surface area is 333 Å². The summed E-state index contributed by atoms with van der Waals surface area (Å²) < 4.78 is 10.3. The zero-order valence-corrected chi connectivity index (χ0v) is 35.4. The Bertz CT molecular complexity index is 1150. The fourth-order valence-corrected chi connectivity index (χ4v) is 4.29. The largest absolute Gasteiger partial charge is 0.481 e. The lowest BCUT2D eigenvalue weighted by Gasteiger charge is -2.19. The topological polar surface area (TPSA) is 248 Å². The summed E-state index contributed by atoms with van der Waals surface area (Å²) in [5.41, 5.74) is -1.38. The summed E-state index contributed by atoms with van der Waals surface area (Å²) >= 11 is 0. The molecular formula is C40H71NO15. The van der Waals surface area contributed by atoms with Crippen molar-refractivity contribution < 1.29 is 73.1 Å². The molecule has 1 heterocycles. The van der Waals surface area contributed by atoms with Crippen LogP contribution in [0.5, 0.6) is 0 Å². The molecule has 16 nitrogen and oxygen atoms in total. The first-order valence-corrected chi connectivity index (χ1v) is 19.5. The van der Waals surface area contributed by atoms with Gasteiger partial charge in [0, 0.05) is 51.4 Å². The van der Waals surface area contributed by atoms with Crippen molar-refractivity contribution in [2.45, 2.75) is 208 Å². The van der Waals surface area contributed by atoms with Crippen LogP contribution in [0.3, 0.4) is 0 Å². The number of imide groups is 1. The van der Waals surface area contributed by atoms with Gasteiger partial charge < -0.3 is 34.7 Å². The van der Waals surface area contributed by atoms with Crippen molar-refractivity contribution in [3.8, 4) is 0 Å². The highest BCUT2D eigenvalue weighted by molar-refractivity contribution is 6.01. The maximum absolute atomic E-state index is 11.5. The molecule has 0 saturated carbocycles. The van der Waals surface area contributed by atoms with Crippen molar-refractivity contribution in [1.82, 2.24) is 5.06 Å². The average molecular weight is 806 g/mol. The van der Waals surface area contributed by atoms with Crippen molar-refractivity contribution in [3.05, 3.63) is 0 Å². The van der Waals surface area contributed by atoms with E-state index in [1.165, 1.54) is 0 Å². The number of aliphatic carboxylic acids is 3. The van der Waals surface area contributed by atoms with E-state index in [0.29, 0.717) is 50.0 Å². The summed E-state index contributed by atoms with van der Waals surface area (Å²) in [6, 6.07) is 0. The van der Waals surface area contributed by atoms with Crippen LogP contribution in [0.15, 0.2) is 0 Å². The molecule has 0 atom stereocenters. The number of hydrogen-bond acceptors (Lipinski definition) is 12. The van der Waals surface area contributed by atoms with Crippen LogP contribution in [0, 0.1) is 0 Å². The molecule has 0 radical (unpaired) electrons. The lowest BCUT2D eigenvalue weighted by atomic mass is 10.1. The van der Waals surface area contributed by atoms with Crippen LogP contribution < -0.4 is 0 Å². The number of carbonyl (C=O) groups is 8. The minimum absolute atomic E-state index is 0.0940. The van der Waals surface area contributed by atoms with E-state index in [4.69, 9.17) is 34.7 Å². The summed E-state index contributed by atoms with van der Waals surface area (Å²) in [5.74, 6) is -4.25. The SMILES string of the molecule is CC(C)(C)O.CC(C)(C)OC(=O)CCCCCCC(=O)O.CC(C)(C)OC(=O)CCCCCCC(=O)ON1C(=O)CCC1=O.O=C(O)CCCCCCC(=O)O. The van der Waals surface area contributed by atoms with Gasteiger partial charge in [-0.3, -0.25) is 33.6 Å². The molecule has 0 aromatic rings. The minimum atomic E-state index is -0.784. The maximum atomic E-state index is 11.5. The number of unbranched alkanes of at least 4 members (excludes halogenated alkanes) is 9. The minimum Gasteiger partial charge on any atom is -0.481 e. The van der Waals surface area contributed by atoms with Gasteiger partial charge in [0.15, 0.2) is 0 Å². The zero-order chi connectivity index (χ0) is 44.0. The molecule has 1 fully saturated rings. The van der Waals surface area contributed by atoms with Crippen LogP contribution in [0.4, 0.5) is 0 Å². The van der Waals surface area contributed by atoms with E-state index >= 15 is 0 Å². The first kappa shape index (κ1) is 56.3. The summed E-state index contributed by atoms with van der Waals surface area (Å²) in [4.78, 5) is 92.0. The maximum Gasteiger partial charge on any atom is 0.333 e. The number of nitrogens with zero attached hydrogens (tertiary/aromatic N) is 1. The molecule has 2 amide bonds.